The number of ether oxygens (including phenoxy) is 1. The van der Waals surface area contributed by atoms with Gasteiger partial charge in [0.1, 0.15) is 0 Å². The first-order valence-electron chi connectivity index (χ1n) is 6.35. The minimum absolute atomic E-state index is 0.374. The van der Waals surface area contributed by atoms with Crippen LogP contribution in [-0.4, -0.2) is 23.0 Å². The van der Waals surface area contributed by atoms with Crippen molar-refractivity contribution in [2.75, 3.05) is 7.11 Å². The second-order valence-electron chi connectivity index (χ2n) is 4.40. The average molecular weight is 271 g/mol. The number of methoxy groups -OCH3 is 1. The SMILES string of the molecule is COC(=O)c1ccc(CNCc2ncccc2C)nc1. The van der Waals surface area contributed by atoms with Gasteiger partial charge in [-0.2, -0.15) is 0 Å². The van der Waals surface area contributed by atoms with Crippen molar-refractivity contribution in [3.8, 4) is 0 Å². The van der Waals surface area contributed by atoms with Gasteiger partial charge >= 0.3 is 5.97 Å². The molecule has 0 saturated carbocycles. The van der Waals surface area contributed by atoms with Crippen molar-refractivity contribution in [1.29, 1.82) is 0 Å². The van der Waals surface area contributed by atoms with Crippen LogP contribution in [0.15, 0.2) is 36.7 Å². The highest BCUT2D eigenvalue weighted by molar-refractivity contribution is 5.88. The Morgan fingerprint density at radius 1 is 1.25 bits per heavy atom. The first kappa shape index (κ1) is 14.1. The smallest absolute Gasteiger partial charge is 0.339 e. The molecule has 0 amide bonds. The third-order valence-corrected chi connectivity index (χ3v) is 2.96. The van der Waals surface area contributed by atoms with Crippen molar-refractivity contribution in [3.05, 3.63) is 59.2 Å². The molecule has 5 nitrogen and oxygen atoms in total. The molecule has 0 spiro atoms. The lowest BCUT2D eigenvalue weighted by Crippen LogP contribution is -2.15. The molecule has 2 heterocycles. The van der Waals surface area contributed by atoms with E-state index in [1.807, 2.05) is 25.1 Å². The van der Waals surface area contributed by atoms with E-state index in [0.29, 0.717) is 18.7 Å². The van der Waals surface area contributed by atoms with Crippen LogP contribution < -0.4 is 5.32 Å². The highest BCUT2D eigenvalue weighted by Gasteiger charge is 2.05. The van der Waals surface area contributed by atoms with E-state index in [2.05, 4.69) is 20.0 Å². The van der Waals surface area contributed by atoms with Crippen molar-refractivity contribution < 1.29 is 9.53 Å². The number of esters is 1. The van der Waals surface area contributed by atoms with E-state index in [9.17, 15) is 4.79 Å². The summed E-state index contributed by atoms with van der Waals surface area (Å²) in [6, 6.07) is 7.48. The number of aryl methyl sites for hydroxylation is 1. The van der Waals surface area contributed by atoms with Crippen LogP contribution in [0.3, 0.4) is 0 Å². The summed E-state index contributed by atoms with van der Waals surface area (Å²) in [4.78, 5) is 19.8. The van der Waals surface area contributed by atoms with E-state index in [0.717, 1.165) is 17.0 Å². The van der Waals surface area contributed by atoms with E-state index < -0.39 is 0 Å². The Morgan fingerprint density at radius 2 is 2.10 bits per heavy atom. The highest BCUT2D eigenvalue weighted by atomic mass is 16.5. The number of pyridine rings is 2. The molecule has 0 bridgehead atoms. The van der Waals surface area contributed by atoms with Crippen molar-refractivity contribution in [1.82, 2.24) is 15.3 Å². The quantitative estimate of drug-likeness (QED) is 0.841. The highest BCUT2D eigenvalue weighted by Crippen LogP contribution is 2.04. The van der Waals surface area contributed by atoms with Crippen molar-refractivity contribution in [2.24, 2.45) is 0 Å². The topological polar surface area (TPSA) is 64.1 Å². The number of hydrogen-bond acceptors (Lipinski definition) is 5. The normalized spacial score (nSPS) is 10.3. The Balaban J connectivity index is 1.88. The molecule has 2 rings (SSSR count). The summed E-state index contributed by atoms with van der Waals surface area (Å²) in [5.74, 6) is -0.374. The molecule has 5 heteroatoms. The van der Waals surface area contributed by atoms with Crippen LogP contribution >= 0.6 is 0 Å². The molecule has 0 radical (unpaired) electrons. The molecule has 0 aliphatic rings. The summed E-state index contributed by atoms with van der Waals surface area (Å²) in [5, 5.41) is 3.28. The molecule has 0 aliphatic heterocycles. The van der Waals surface area contributed by atoms with Crippen molar-refractivity contribution in [2.45, 2.75) is 20.0 Å². The lowest BCUT2D eigenvalue weighted by atomic mass is 10.2. The second-order valence-corrected chi connectivity index (χ2v) is 4.40. The van der Waals surface area contributed by atoms with Crippen LogP contribution in [0.2, 0.25) is 0 Å². The summed E-state index contributed by atoms with van der Waals surface area (Å²) < 4.78 is 4.63. The first-order valence-corrected chi connectivity index (χ1v) is 6.35. The average Bonchev–Trinajstić information content (AvgIpc) is 2.49. The molecular weight excluding hydrogens is 254 g/mol. The van der Waals surface area contributed by atoms with Crippen LogP contribution in [-0.2, 0) is 17.8 Å². The number of hydrogen-bond donors (Lipinski definition) is 1. The van der Waals surface area contributed by atoms with Gasteiger partial charge in [-0.05, 0) is 30.7 Å². The maximum Gasteiger partial charge on any atom is 0.339 e. The zero-order valence-electron chi connectivity index (χ0n) is 11.6. The molecule has 2 aromatic rings. The third-order valence-electron chi connectivity index (χ3n) is 2.96. The Labute approximate surface area is 118 Å². The Bertz CT molecular complexity index is 582. The van der Waals surface area contributed by atoms with Gasteiger partial charge in [0.2, 0.25) is 0 Å². The number of carbonyl (C=O) groups is 1. The van der Waals surface area contributed by atoms with E-state index in [1.165, 1.54) is 13.3 Å². The summed E-state index contributed by atoms with van der Waals surface area (Å²) in [6.07, 6.45) is 3.31. The number of rotatable bonds is 5. The summed E-state index contributed by atoms with van der Waals surface area (Å²) in [6.45, 7) is 3.35. The largest absolute Gasteiger partial charge is 0.465 e. The summed E-state index contributed by atoms with van der Waals surface area (Å²) in [5.41, 5.74) is 3.51. The van der Waals surface area contributed by atoms with Gasteiger partial charge < -0.3 is 10.1 Å². The molecule has 0 saturated heterocycles. The Hall–Kier alpha value is -2.27. The molecule has 1 N–H and O–H groups in total. The predicted molar refractivity (Wildman–Crippen MR) is 75.1 cm³/mol. The standard InChI is InChI=1S/C15H17N3O2/c1-11-4-3-7-17-14(11)10-16-9-13-6-5-12(8-18-13)15(19)20-2/h3-8,16H,9-10H2,1-2H3. The van der Waals surface area contributed by atoms with E-state index in [4.69, 9.17) is 0 Å². The van der Waals surface area contributed by atoms with Gasteiger partial charge in [-0.3, -0.25) is 9.97 Å². The van der Waals surface area contributed by atoms with E-state index in [-0.39, 0.29) is 5.97 Å². The minimum atomic E-state index is -0.374. The van der Waals surface area contributed by atoms with Gasteiger partial charge in [0.05, 0.1) is 24.1 Å². The fraction of sp³-hybridized carbons (Fsp3) is 0.267. The molecule has 0 fully saturated rings. The molecule has 0 aliphatic carbocycles. The van der Waals surface area contributed by atoms with Gasteiger partial charge in [-0.15, -0.1) is 0 Å². The number of nitrogens with zero attached hydrogens (tertiary/aromatic N) is 2. The van der Waals surface area contributed by atoms with Gasteiger partial charge in [0.25, 0.3) is 0 Å². The zero-order chi connectivity index (χ0) is 14.4. The molecule has 0 unspecified atom stereocenters. The summed E-state index contributed by atoms with van der Waals surface area (Å²) in [7, 11) is 1.35. The van der Waals surface area contributed by atoms with Crippen molar-refractivity contribution in [3.63, 3.8) is 0 Å². The molecule has 0 atom stereocenters. The molecular formula is C15H17N3O2. The zero-order valence-corrected chi connectivity index (χ0v) is 11.6. The third kappa shape index (κ3) is 3.61. The minimum Gasteiger partial charge on any atom is -0.465 e. The van der Waals surface area contributed by atoms with Crippen LogP contribution in [0.25, 0.3) is 0 Å². The van der Waals surface area contributed by atoms with Gasteiger partial charge in [-0.1, -0.05) is 6.07 Å². The van der Waals surface area contributed by atoms with Crippen LogP contribution in [0.4, 0.5) is 0 Å². The fourth-order valence-corrected chi connectivity index (χ4v) is 1.78. The van der Waals surface area contributed by atoms with Crippen LogP contribution in [0.1, 0.15) is 27.3 Å². The molecule has 2 aromatic heterocycles. The Kier molecular flexibility index (Phi) is 4.79. The van der Waals surface area contributed by atoms with Gasteiger partial charge in [0, 0.05) is 25.5 Å². The summed E-state index contributed by atoms with van der Waals surface area (Å²) >= 11 is 0. The maximum absolute atomic E-state index is 11.3. The maximum atomic E-state index is 11.3. The fourth-order valence-electron chi connectivity index (χ4n) is 1.78. The van der Waals surface area contributed by atoms with Gasteiger partial charge in [0.15, 0.2) is 0 Å². The van der Waals surface area contributed by atoms with E-state index >= 15 is 0 Å². The molecule has 20 heavy (non-hydrogen) atoms. The molecule has 104 valence electrons. The number of carbonyl (C=O) groups excluding carboxylic acids is 1. The Morgan fingerprint density at radius 3 is 2.75 bits per heavy atom. The lowest BCUT2D eigenvalue weighted by molar-refractivity contribution is 0.0600. The molecule has 0 aromatic carbocycles. The number of nitrogens with one attached hydrogen (secondary N) is 1. The predicted octanol–water partition coefficient (Wildman–Crippen LogP) is 1.86. The van der Waals surface area contributed by atoms with Crippen molar-refractivity contribution >= 4 is 5.97 Å². The number of aromatic nitrogens is 2. The monoisotopic (exact) mass is 271 g/mol. The van der Waals surface area contributed by atoms with Crippen LogP contribution in [0.5, 0.6) is 0 Å². The second kappa shape index (κ2) is 6.77. The van der Waals surface area contributed by atoms with E-state index in [1.54, 1.807) is 12.3 Å². The lowest BCUT2D eigenvalue weighted by Gasteiger charge is -2.06. The van der Waals surface area contributed by atoms with Gasteiger partial charge in [-0.25, -0.2) is 4.79 Å². The van der Waals surface area contributed by atoms with Crippen LogP contribution in [0, 0.1) is 6.92 Å². The first-order chi connectivity index (χ1) is 9.70.